The van der Waals surface area contributed by atoms with Gasteiger partial charge in [0.15, 0.2) is 5.96 Å². The second-order valence-electron chi connectivity index (χ2n) is 7.64. The molecule has 1 aliphatic heterocycles. The summed E-state index contributed by atoms with van der Waals surface area (Å²) in [6.07, 6.45) is 6.78. The highest BCUT2D eigenvalue weighted by Gasteiger charge is 2.17. The van der Waals surface area contributed by atoms with Crippen LogP contribution in [0, 0.1) is 0 Å². The second kappa shape index (κ2) is 17.8. The number of likely N-dealkylation sites (N-methyl/N-ethyl adjacent to an activating group) is 1. The van der Waals surface area contributed by atoms with Crippen LogP contribution in [0.25, 0.3) is 0 Å². The van der Waals surface area contributed by atoms with E-state index < -0.39 is 0 Å². The molecule has 0 aromatic heterocycles. The maximum atomic E-state index is 6.01. The molecular weight excluding hydrogens is 523 g/mol. The molecule has 1 aromatic rings. The lowest BCUT2D eigenvalue weighted by Gasteiger charge is -2.31. The van der Waals surface area contributed by atoms with E-state index in [-0.39, 0.29) is 24.0 Å². The Morgan fingerprint density at radius 1 is 1.26 bits per heavy atom. The van der Waals surface area contributed by atoms with Crippen molar-refractivity contribution in [3.05, 3.63) is 29.8 Å². The predicted molar refractivity (Wildman–Crippen MR) is 144 cm³/mol. The molecule has 2 rings (SSSR count). The van der Waals surface area contributed by atoms with Crippen LogP contribution in [0.4, 0.5) is 0 Å². The molecule has 0 saturated carbocycles. The standard InChI is InChI=1S/C23H40N4O2S.HI/c1-4-24-23(25-12-5-6-17-30-3)26-19-20-8-7-9-22(18-20)29-16-13-27(2)21-10-14-28-15-11-21;/h7-9,18,21H,4-6,10-17,19H2,1-3H3,(H2,24,25,26);1H. The highest BCUT2D eigenvalue weighted by molar-refractivity contribution is 14.0. The van der Waals surface area contributed by atoms with E-state index in [0.29, 0.717) is 19.2 Å². The van der Waals surface area contributed by atoms with E-state index in [0.717, 1.165) is 69.4 Å². The van der Waals surface area contributed by atoms with Gasteiger partial charge in [0, 0.05) is 38.9 Å². The maximum absolute atomic E-state index is 6.01. The molecule has 0 aliphatic carbocycles. The lowest BCUT2D eigenvalue weighted by Crippen LogP contribution is -2.38. The maximum Gasteiger partial charge on any atom is 0.191 e. The second-order valence-corrected chi connectivity index (χ2v) is 8.63. The summed E-state index contributed by atoms with van der Waals surface area (Å²) in [4.78, 5) is 7.12. The number of halogens is 1. The smallest absolute Gasteiger partial charge is 0.191 e. The van der Waals surface area contributed by atoms with Gasteiger partial charge in [-0.1, -0.05) is 12.1 Å². The number of guanidine groups is 1. The molecule has 1 fully saturated rings. The van der Waals surface area contributed by atoms with Crippen LogP contribution in [-0.2, 0) is 11.3 Å². The summed E-state index contributed by atoms with van der Waals surface area (Å²) in [5.74, 6) is 3.01. The molecule has 2 N–H and O–H groups in total. The Morgan fingerprint density at radius 3 is 2.81 bits per heavy atom. The summed E-state index contributed by atoms with van der Waals surface area (Å²) >= 11 is 1.90. The number of aliphatic imine (C=N–C) groups is 1. The molecular formula is C23H41IN4O2S. The number of hydrogen-bond acceptors (Lipinski definition) is 5. The minimum Gasteiger partial charge on any atom is -0.492 e. The van der Waals surface area contributed by atoms with E-state index >= 15 is 0 Å². The topological polar surface area (TPSA) is 58.1 Å². The van der Waals surface area contributed by atoms with E-state index in [9.17, 15) is 0 Å². The Balaban J connectivity index is 0.00000480. The first-order chi connectivity index (χ1) is 14.7. The van der Waals surface area contributed by atoms with Gasteiger partial charge < -0.3 is 20.1 Å². The predicted octanol–water partition coefficient (Wildman–Crippen LogP) is 3.99. The highest BCUT2D eigenvalue weighted by atomic mass is 127. The zero-order valence-electron chi connectivity index (χ0n) is 19.4. The number of hydrogen-bond donors (Lipinski definition) is 2. The van der Waals surface area contributed by atoms with E-state index in [1.54, 1.807) is 0 Å². The normalized spacial score (nSPS) is 14.9. The first kappa shape index (κ1) is 28.3. The molecule has 1 heterocycles. The van der Waals surface area contributed by atoms with Crippen molar-refractivity contribution < 1.29 is 9.47 Å². The van der Waals surface area contributed by atoms with Crippen LogP contribution in [-0.4, -0.2) is 75.4 Å². The summed E-state index contributed by atoms with van der Waals surface area (Å²) in [5, 5.41) is 6.75. The van der Waals surface area contributed by atoms with E-state index in [2.05, 4.69) is 47.9 Å². The minimum absolute atomic E-state index is 0. The molecule has 1 saturated heterocycles. The van der Waals surface area contributed by atoms with E-state index in [1.807, 2.05) is 23.9 Å². The third-order valence-electron chi connectivity index (χ3n) is 5.26. The van der Waals surface area contributed by atoms with Gasteiger partial charge in [0.2, 0.25) is 0 Å². The first-order valence-corrected chi connectivity index (χ1v) is 12.6. The van der Waals surface area contributed by atoms with Gasteiger partial charge in [-0.25, -0.2) is 4.99 Å². The fourth-order valence-corrected chi connectivity index (χ4v) is 3.93. The number of thioether (sulfide) groups is 1. The third kappa shape index (κ3) is 12.2. The Hall–Kier alpha value is -0.710. The highest BCUT2D eigenvalue weighted by Crippen LogP contribution is 2.15. The Bertz CT molecular complexity index is 615. The average Bonchev–Trinajstić information content (AvgIpc) is 2.78. The Morgan fingerprint density at radius 2 is 2.06 bits per heavy atom. The molecule has 8 heteroatoms. The largest absolute Gasteiger partial charge is 0.492 e. The molecule has 0 spiro atoms. The molecule has 178 valence electrons. The molecule has 0 bridgehead atoms. The van der Waals surface area contributed by atoms with Gasteiger partial charge >= 0.3 is 0 Å². The SMILES string of the molecule is CCNC(=NCc1cccc(OCCN(C)C2CCOCC2)c1)NCCCCSC.I. The molecule has 6 nitrogen and oxygen atoms in total. The van der Waals surface area contributed by atoms with Crippen molar-refractivity contribution >= 4 is 41.7 Å². The molecule has 1 aliphatic rings. The molecule has 0 atom stereocenters. The third-order valence-corrected chi connectivity index (χ3v) is 5.95. The van der Waals surface area contributed by atoms with Crippen LogP contribution in [0.3, 0.4) is 0 Å². The van der Waals surface area contributed by atoms with Crippen molar-refractivity contribution in [1.29, 1.82) is 0 Å². The number of nitrogens with zero attached hydrogens (tertiary/aromatic N) is 2. The number of unbranched alkanes of at least 4 members (excludes halogenated alkanes) is 1. The Labute approximate surface area is 210 Å². The van der Waals surface area contributed by atoms with Crippen LogP contribution in [0.2, 0.25) is 0 Å². The lowest BCUT2D eigenvalue weighted by molar-refractivity contribution is 0.0392. The zero-order valence-corrected chi connectivity index (χ0v) is 22.5. The zero-order chi connectivity index (χ0) is 21.4. The number of ether oxygens (including phenoxy) is 2. The van der Waals surface area contributed by atoms with Crippen LogP contribution in [0.5, 0.6) is 5.75 Å². The van der Waals surface area contributed by atoms with Crippen LogP contribution >= 0.6 is 35.7 Å². The van der Waals surface area contributed by atoms with Gasteiger partial charge in [-0.2, -0.15) is 11.8 Å². The fourth-order valence-electron chi connectivity index (χ4n) is 3.44. The van der Waals surface area contributed by atoms with Crippen molar-refractivity contribution in [3.63, 3.8) is 0 Å². The van der Waals surface area contributed by atoms with Crippen molar-refractivity contribution in [2.75, 3.05) is 58.5 Å². The molecule has 0 amide bonds. The van der Waals surface area contributed by atoms with Crippen LogP contribution in [0.15, 0.2) is 29.3 Å². The molecule has 0 unspecified atom stereocenters. The summed E-state index contributed by atoms with van der Waals surface area (Å²) in [7, 11) is 2.18. The molecule has 31 heavy (non-hydrogen) atoms. The number of benzene rings is 1. The van der Waals surface area contributed by atoms with Crippen molar-refractivity contribution in [3.8, 4) is 5.75 Å². The monoisotopic (exact) mass is 564 g/mol. The number of rotatable bonds is 13. The lowest BCUT2D eigenvalue weighted by atomic mass is 10.1. The Kier molecular flexibility index (Phi) is 16.3. The van der Waals surface area contributed by atoms with Gasteiger partial charge in [-0.3, -0.25) is 4.90 Å². The fraction of sp³-hybridized carbons (Fsp3) is 0.696. The van der Waals surface area contributed by atoms with E-state index in [1.165, 1.54) is 12.2 Å². The summed E-state index contributed by atoms with van der Waals surface area (Å²) in [6, 6.07) is 8.88. The van der Waals surface area contributed by atoms with Crippen LogP contribution < -0.4 is 15.4 Å². The summed E-state index contributed by atoms with van der Waals surface area (Å²) < 4.78 is 11.5. The van der Waals surface area contributed by atoms with Gasteiger partial charge in [0.05, 0.1) is 6.54 Å². The van der Waals surface area contributed by atoms with Gasteiger partial charge in [0.25, 0.3) is 0 Å². The minimum atomic E-state index is 0. The van der Waals surface area contributed by atoms with Crippen molar-refractivity contribution in [2.45, 2.75) is 45.2 Å². The van der Waals surface area contributed by atoms with E-state index in [4.69, 9.17) is 14.5 Å². The van der Waals surface area contributed by atoms with Crippen molar-refractivity contribution in [2.24, 2.45) is 4.99 Å². The number of nitrogens with one attached hydrogen (secondary N) is 2. The summed E-state index contributed by atoms with van der Waals surface area (Å²) in [5.41, 5.74) is 1.16. The summed E-state index contributed by atoms with van der Waals surface area (Å²) in [6.45, 7) is 7.92. The first-order valence-electron chi connectivity index (χ1n) is 11.2. The van der Waals surface area contributed by atoms with Gasteiger partial charge in [-0.15, -0.1) is 24.0 Å². The average molecular weight is 565 g/mol. The molecule has 1 aromatic carbocycles. The van der Waals surface area contributed by atoms with Crippen LogP contribution in [0.1, 0.15) is 38.2 Å². The molecule has 0 radical (unpaired) electrons. The quantitative estimate of drug-likeness (QED) is 0.164. The van der Waals surface area contributed by atoms with Crippen molar-refractivity contribution in [1.82, 2.24) is 15.5 Å². The van der Waals surface area contributed by atoms with Gasteiger partial charge in [0.1, 0.15) is 12.4 Å². The van der Waals surface area contributed by atoms with Gasteiger partial charge in [-0.05, 0) is 69.4 Å².